The zero-order chi connectivity index (χ0) is 14.7. The fourth-order valence-corrected chi connectivity index (χ4v) is 2.85. The second-order valence-corrected chi connectivity index (χ2v) is 5.94. The predicted molar refractivity (Wildman–Crippen MR) is 88.7 cm³/mol. The third kappa shape index (κ3) is 3.08. The summed E-state index contributed by atoms with van der Waals surface area (Å²) in [7, 11) is 0. The van der Waals surface area contributed by atoms with Gasteiger partial charge >= 0.3 is 0 Å². The molecule has 0 saturated carbocycles. The Kier molecular flexibility index (Phi) is 4.20. The number of nitrogens with zero attached hydrogens (tertiary/aromatic N) is 3. The molecule has 1 atom stereocenters. The van der Waals surface area contributed by atoms with Crippen molar-refractivity contribution in [1.82, 2.24) is 14.6 Å². The highest BCUT2D eigenvalue weighted by atomic mass is 79.9. The molecule has 4 nitrogen and oxygen atoms in total. The Hall–Kier alpha value is -1.88. The van der Waals surface area contributed by atoms with Gasteiger partial charge in [-0.05, 0) is 33.8 Å². The Labute approximate surface area is 132 Å². The summed E-state index contributed by atoms with van der Waals surface area (Å²) in [6.45, 7) is 3.13. The van der Waals surface area contributed by atoms with Crippen molar-refractivity contribution < 1.29 is 0 Å². The predicted octanol–water partition coefficient (Wildman–Crippen LogP) is 4.10. The largest absolute Gasteiger partial charge is 0.368 e. The number of benzene rings is 1. The van der Waals surface area contributed by atoms with Crippen LogP contribution in [0.1, 0.15) is 24.8 Å². The number of aromatic nitrogens is 3. The van der Waals surface area contributed by atoms with Crippen molar-refractivity contribution >= 4 is 27.3 Å². The minimum atomic E-state index is 0.520. The Morgan fingerprint density at radius 3 is 2.90 bits per heavy atom. The van der Waals surface area contributed by atoms with Crippen LogP contribution in [-0.4, -0.2) is 21.1 Å². The number of halogens is 1. The van der Waals surface area contributed by atoms with Gasteiger partial charge in [-0.15, -0.1) is 0 Å². The second kappa shape index (κ2) is 6.26. The molecule has 0 amide bonds. The van der Waals surface area contributed by atoms with Crippen LogP contribution in [-0.2, 0) is 0 Å². The molecule has 0 radical (unpaired) electrons. The van der Waals surface area contributed by atoms with Gasteiger partial charge in [0.15, 0.2) is 5.82 Å². The summed E-state index contributed by atoms with van der Waals surface area (Å²) in [5.41, 5.74) is 2.35. The summed E-state index contributed by atoms with van der Waals surface area (Å²) < 4.78 is 2.77. The first-order valence-electron chi connectivity index (χ1n) is 7.02. The van der Waals surface area contributed by atoms with E-state index in [1.54, 1.807) is 12.4 Å². The molecular formula is C16H17BrN4. The van der Waals surface area contributed by atoms with E-state index >= 15 is 0 Å². The van der Waals surface area contributed by atoms with Crippen molar-refractivity contribution in [2.45, 2.75) is 19.3 Å². The topological polar surface area (TPSA) is 42.2 Å². The summed E-state index contributed by atoms with van der Waals surface area (Å²) in [5, 5.41) is 7.67. The Balaban J connectivity index is 1.66. The summed E-state index contributed by atoms with van der Waals surface area (Å²) >= 11 is 3.51. The van der Waals surface area contributed by atoms with Gasteiger partial charge in [0.25, 0.3) is 0 Å². The molecule has 0 fully saturated rings. The highest BCUT2D eigenvalue weighted by Crippen LogP contribution is 2.24. The molecule has 3 aromatic rings. The highest BCUT2D eigenvalue weighted by Gasteiger charge is 2.09. The maximum Gasteiger partial charge on any atom is 0.153 e. The van der Waals surface area contributed by atoms with Crippen LogP contribution in [0.4, 0.5) is 5.82 Å². The zero-order valence-electron chi connectivity index (χ0n) is 11.8. The smallest absolute Gasteiger partial charge is 0.153 e. The first kappa shape index (κ1) is 14.1. The van der Waals surface area contributed by atoms with Crippen molar-refractivity contribution in [1.29, 1.82) is 0 Å². The van der Waals surface area contributed by atoms with Gasteiger partial charge < -0.3 is 5.32 Å². The summed E-state index contributed by atoms with van der Waals surface area (Å²) in [6, 6.07) is 10.6. The Bertz CT molecular complexity index is 723. The van der Waals surface area contributed by atoms with Gasteiger partial charge in [-0.2, -0.15) is 5.10 Å². The molecule has 0 saturated heterocycles. The number of anilines is 1. The average molecular weight is 345 g/mol. The van der Waals surface area contributed by atoms with Crippen LogP contribution in [0.15, 0.2) is 53.4 Å². The normalized spacial score (nSPS) is 12.5. The van der Waals surface area contributed by atoms with Crippen LogP contribution in [0.2, 0.25) is 0 Å². The van der Waals surface area contributed by atoms with Gasteiger partial charge in [0.1, 0.15) is 5.52 Å². The van der Waals surface area contributed by atoms with E-state index in [-0.39, 0.29) is 0 Å². The molecule has 0 aliphatic heterocycles. The van der Waals surface area contributed by atoms with E-state index in [1.165, 1.54) is 5.56 Å². The van der Waals surface area contributed by atoms with Crippen LogP contribution >= 0.6 is 15.9 Å². The standard InChI is InChI=1S/C16H17BrN4/c1-12(13-5-3-2-4-6-13)7-8-18-16-15-14(17)11-20-21(15)10-9-19-16/h2-6,9-12H,7-8H2,1H3,(H,18,19). The summed E-state index contributed by atoms with van der Waals surface area (Å²) in [6.07, 6.45) is 6.44. The van der Waals surface area contributed by atoms with Gasteiger partial charge in [-0.3, -0.25) is 0 Å². The minimum absolute atomic E-state index is 0.520. The number of fused-ring (bicyclic) bond motifs is 1. The van der Waals surface area contributed by atoms with Crippen LogP contribution in [0.5, 0.6) is 0 Å². The van der Waals surface area contributed by atoms with Gasteiger partial charge in [0.05, 0.1) is 10.7 Å². The molecule has 21 heavy (non-hydrogen) atoms. The Morgan fingerprint density at radius 1 is 1.29 bits per heavy atom. The lowest BCUT2D eigenvalue weighted by Crippen LogP contribution is -2.08. The molecule has 2 heterocycles. The molecular weight excluding hydrogens is 328 g/mol. The molecule has 0 bridgehead atoms. The maximum absolute atomic E-state index is 4.41. The first-order valence-corrected chi connectivity index (χ1v) is 7.81. The molecule has 0 aliphatic rings. The minimum Gasteiger partial charge on any atom is -0.368 e. The van der Waals surface area contributed by atoms with Gasteiger partial charge in [0.2, 0.25) is 0 Å². The molecule has 5 heteroatoms. The van der Waals surface area contributed by atoms with Crippen molar-refractivity contribution in [2.75, 3.05) is 11.9 Å². The van der Waals surface area contributed by atoms with E-state index in [0.29, 0.717) is 5.92 Å². The number of hydrogen-bond donors (Lipinski definition) is 1. The molecule has 3 rings (SSSR count). The van der Waals surface area contributed by atoms with Crippen LogP contribution in [0, 0.1) is 0 Å². The van der Waals surface area contributed by atoms with E-state index < -0.39 is 0 Å². The quantitative estimate of drug-likeness (QED) is 0.757. The van der Waals surface area contributed by atoms with Crippen molar-refractivity contribution in [3.8, 4) is 0 Å². The van der Waals surface area contributed by atoms with Crippen LogP contribution < -0.4 is 5.32 Å². The van der Waals surface area contributed by atoms with Gasteiger partial charge in [-0.25, -0.2) is 9.50 Å². The molecule has 1 unspecified atom stereocenters. The van der Waals surface area contributed by atoms with Crippen LogP contribution in [0.3, 0.4) is 0 Å². The third-order valence-corrected chi connectivity index (χ3v) is 4.21. The molecule has 0 spiro atoms. The van der Waals surface area contributed by atoms with E-state index in [4.69, 9.17) is 0 Å². The lowest BCUT2D eigenvalue weighted by molar-refractivity contribution is 0.705. The zero-order valence-corrected chi connectivity index (χ0v) is 13.4. The molecule has 0 aliphatic carbocycles. The summed E-state index contributed by atoms with van der Waals surface area (Å²) in [4.78, 5) is 4.41. The summed E-state index contributed by atoms with van der Waals surface area (Å²) in [5.74, 6) is 1.38. The average Bonchev–Trinajstić information content (AvgIpc) is 2.90. The van der Waals surface area contributed by atoms with Crippen molar-refractivity contribution in [3.63, 3.8) is 0 Å². The lowest BCUT2D eigenvalue weighted by Gasteiger charge is -2.13. The van der Waals surface area contributed by atoms with E-state index in [1.807, 2.05) is 10.7 Å². The van der Waals surface area contributed by atoms with E-state index in [9.17, 15) is 0 Å². The maximum atomic E-state index is 4.41. The molecule has 1 N–H and O–H groups in total. The Morgan fingerprint density at radius 2 is 2.10 bits per heavy atom. The number of hydrogen-bond acceptors (Lipinski definition) is 3. The second-order valence-electron chi connectivity index (χ2n) is 5.09. The van der Waals surface area contributed by atoms with Crippen molar-refractivity contribution in [2.24, 2.45) is 0 Å². The lowest BCUT2D eigenvalue weighted by atomic mass is 9.98. The number of rotatable bonds is 5. The fourth-order valence-electron chi connectivity index (χ4n) is 2.39. The van der Waals surface area contributed by atoms with E-state index in [2.05, 4.69) is 68.6 Å². The highest BCUT2D eigenvalue weighted by molar-refractivity contribution is 9.10. The van der Waals surface area contributed by atoms with Gasteiger partial charge in [0, 0.05) is 18.9 Å². The monoisotopic (exact) mass is 344 g/mol. The van der Waals surface area contributed by atoms with Gasteiger partial charge in [-0.1, -0.05) is 37.3 Å². The van der Waals surface area contributed by atoms with Crippen LogP contribution in [0.25, 0.3) is 5.52 Å². The molecule has 2 aromatic heterocycles. The van der Waals surface area contributed by atoms with Crippen molar-refractivity contribution in [3.05, 3.63) is 59.0 Å². The van der Waals surface area contributed by atoms with E-state index in [0.717, 1.165) is 28.8 Å². The fraction of sp³-hybridized carbons (Fsp3) is 0.250. The molecule has 108 valence electrons. The number of nitrogens with one attached hydrogen (secondary N) is 1. The third-order valence-electron chi connectivity index (χ3n) is 3.63. The first-order chi connectivity index (χ1) is 10.3. The molecule has 1 aromatic carbocycles. The SMILES string of the molecule is CC(CCNc1nccn2ncc(Br)c12)c1ccccc1.